The Morgan fingerprint density at radius 1 is 1.41 bits per heavy atom. The SMILES string of the molecule is OC1CCc2oc(-c3cccc(Cl)c3)nc2C1. The Hall–Kier alpha value is -1.32. The average Bonchev–Trinajstić information content (AvgIpc) is 2.72. The molecule has 0 saturated carbocycles. The maximum absolute atomic E-state index is 9.58. The molecular weight excluding hydrogens is 238 g/mol. The van der Waals surface area contributed by atoms with Gasteiger partial charge in [-0.25, -0.2) is 4.98 Å². The van der Waals surface area contributed by atoms with Crippen molar-refractivity contribution in [3.63, 3.8) is 0 Å². The number of aromatic nitrogens is 1. The van der Waals surface area contributed by atoms with E-state index >= 15 is 0 Å². The summed E-state index contributed by atoms with van der Waals surface area (Å²) in [5.74, 6) is 1.48. The molecule has 1 atom stereocenters. The highest BCUT2D eigenvalue weighted by atomic mass is 35.5. The van der Waals surface area contributed by atoms with E-state index in [0.717, 1.165) is 29.9 Å². The first kappa shape index (κ1) is 10.8. The lowest BCUT2D eigenvalue weighted by Gasteiger charge is -2.13. The molecule has 0 saturated heterocycles. The summed E-state index contributed by atoms with van der Waals surface area (Å²) in [6.07, 6.45) is 1.79. The van der Waals surface area contributed by atoms with E-state index in [9.17, 15) is 5.11 Å². The number of fused-ring (bicyclic) bond motifs is 1. The van der Waals surface area contributed by atoms with Gasteiger partial charge in [0, 0.05) is 23.4 Å². The number of aliphatic hydroxyl groups excluding tert-OH is 1. The van der Waals surface area contributed by atoms with Crippen molar-refractivity contribution in [1.29, 1.82) is 0 Å². The zero-order chi connectivity index (χ0) is 11.8. The lowest BCUT2D eigenvalue weighted by Crippen LogP contribution is -2.17. The zero-order valence-electron chi connectivity index (χ0n) is 9.19. The number of hydrogen-bond acceptors (Lipinski definition) is 3. The minimum absolute atomic E-state index is 0.292. The molecule has 0 aliphatic heterocycles. The minimum atomic E-state index is -0.292. The fourth-order valence-electron chi connectivity index (χ4n) is 2.11. The third-order valence-corrected chi connectivity index (χ3v) is 3.22. The molecule has 1 aliphatic carbocycles. The maximum Gasteiger partial charge on any atom is 0.226 e. The van der Waals surface area contributed by atoms with Gasteiger partial charge in [-0.2, -0.15) is 0 Å². The Balaban J connectivity index is 2.00. The number of oxazole rings is 1. The summed E-state index contributed by atoms with van der Waals surface area (Å²) >= 11 is 5.94. The van der Waals surface area contributed by atoms with E-state index < -0.39 is 0 Å². The van der Waals surface area contributed by atoms with Crippen LogP contribution in [-0.2, 0) is 12.8 Å². The molecule has 0 radical (unpaired) electrons. The van der Waals surface area contributed by atoms with Gasteiger partial charge < -0.3 is 9.52 Å². The fraction of sp³-hybridized carbons (Fsp3) is 0.308. The number of benzene rings is 1. The van der Waals surface area contributed by atoms with Crippen LogP contribution in [0.15, 0.2) is 28.7 Å². The van der Waals surface area contributed by atoms with Crippen LogP contribution in [0.25, 0.3) is 11.5 Å². The second kappa shape index (κ2) is 4.17. The van der Waals surface area contributed by atoms with Crippen molar-refractivity contribution in [1.82, 2.24) is 4.98 Å². The van der Waals surface area contributed by atoms with Gasteiger partial charge in [0.15, 0.2) is 0 Å². The molecule has 3 nitrogen and oxygen atoms in total. The molecule has 1 aliphatic rings. The Morgan fingerprint density at radius 2 is 2.29 bits per heavy atom. The maximum atomic E-state index is 9.58. The Morgan fingerprint density at radius 3 is 3.12 bits per heavy atom. The number of hydrogen-bond donors (Lipinski definition) is 1. The third-order valence-electron chi connectivity index (χ3n) is 2.98. The molecule has 1 heterocycles. The summed E-state index contributed by atoms with van der Waals surface area (Å²) in [5, 5.41) is 10.2. The first-order chi connectivity index (χ1) is 8.22. The molecular formula is C13H12ClNO2. The zero-order valence-corrected chi connectivity index (χ0v) is 9.94. The van der Waals surface area contributed by atoms with Crippen LogP contribution in [0.2, 0.25) is 5.02 Å². The second-order valence-electron chi connectivity index (χ2n) is 4.30. The summed E-state index contributed by atoms with van der Waals surface area (Å²) < 4.78 is 5.71. The van der Waals surface area contributed by atoms with E-state index in [-0.39, 0.29) is 6.10 Å². The van der Waals surface area contributed by atoms with Crippen LogP contribution in [-0.4, -0.2) is 16.2 Å². The topological polar surface area (TPSA) is 46.3 Å². The van der Waals surface area contributed by atoms with Crippen molar-refractivity contribution in [3.05, 3.63) is 40.7 Å². The number of nitrogens with zero attached hydrogens (tertiary/aromatic N) is 1. The van der Waals surface area contributed by atoms with Crippen LogP contribution >= 0.6 is 11.6 Å². The molecule has 0 amide bonds. The lowest BCUT2D eigenvalue weighted by atomic mass is 9.99. The van der Waals surface area contributed by atoms with Gasteiger partial charge in [-0.1, -0.05) is 17.7 Å². The third kappa shape index (κ3) is 2.08. The normalized spacial score (nSPS) is 19.1. The van der Waals surface area contributed by atoms with Gasteiger partial charge in [0.2, 0.25) is 5.89 Å². The lowest BCUT2D eigenvalue weighted by molar-refractivity contribution is 0.153. The Bertz CT molecular complexity index is 550. The van der Waals surface area contributed by atoms with Gasteiger partial charge in [-0.3, -0.25) is 0 Å². The highest BCUT2D eigenvalue weighted by Crippen LogP contribution is 2.28. The molecule has 2 aromatic rings. The van der Waals surface area contributed by atoms with E-state index in [1.807, 2.05) is 24.3 Å². The molecule has 1 N–H and O–H groups in total. The molecule has 1 unspecified atom stereocenters. The highest BCUT2D eigenvalue weighted by molar-refractivity contribution is 6.30. The molecule has 0 fully saturated rings. The van der Waals surface area contributed by atoms with Crippen molar-refractivity contribution >= 4 is 11.6 Å². The number of rotatable bonds is 1. The fourth-order valence-corrected chi connectivity index (χ4v) is 2.30. The standard InChI is InChI=1S/C13H12ClNO2/c14-9-3-1-2-8(6-9)13-15-11-7-10(16)4-5-12(11)17-13/h1-3,6,10,16H,4-5,7H2. The Kier molecular flexibility index (Phi) is 2.65. The van der Waals surface area contributed by atoms with Gasteiger partial charge in [-0.15, -0.1) is 0 Å². The minimum Gasteiger partial charge on any atom is -0.441 e. The molecule has 1 aromatic carbocycles. The number of aryl methyl sites for hydroxylation is 1. The van der Waals surface area contributed by atoms with Crippen molar-refractivity contribution in [2.24, 2.45) is 0 Å². The van der Waals surface area contributed by atoms with Crippen LogP contribution in [0.1, 0.15) is 17.9 Å². The summed E-state index contributed by atoms with van der Waals surface area (Å²) in [4.78, 5) is 4.43. The van der Waals surface area contributed by atoms with Crippen LogP contribution < -0.4 is 0 Å². The van der Waals surface area contributed by atoms with E-state index in [1.54, 1.807) is 0 Å². The first-order valence-electron chi connectivity index (χ1n) is 5.65. The quantitative estimate of drug-likeness (QED) is 0.845. The molecule has 4 heteroatoms. The van der Waals surface area contributed by atoms with Crippen LogP contribution in [0, 0.1) is 0 Å². The van der Waals surface area contributed by atoms with Crippen molar-refractivity contribution in [3.8, 4) is 11.5 Å². The van der Waals surface area contributed by atoms with Gasteiger partial charge in [0.25, 0.3) is 0 Å². The second-order valence-corrected chi connectivity index (χ2v) is 4.73. The van der Waals surface area contributed by atoms with E-state index in [2.05, 4.69) is 4.98 Å². The summed E-state index contributed by atoms with van der Waals surface area (Å²) in [5.41, 5.74) is 1.75. The van der Waals surface area contributed by atoms with Crippen molar-refractivity contribution in [2.45, 2.75) is 25.4 Å². The number of halogens is 1. The number of aliphatic hydroxyl groups is 1. The van der Waals surface area contributed by atoms with Gasteiger partial charge >= 0.3 is 0 Å². The molecule has 3 rings (SSSR count). The predicted octanol–water partition coefficient (Wildman–Crippen LogP) is 2.84. The smallest absolute Gasteiger partial charge is 0.226 e. The molecule has 0 spiro atoms. The van der Waals surface area contributed by atoms with E-state index in [1.165, 1.54) is 0 Å². The van der Waals surface area contributed by atoms with Crippen molar-refractivity contribution in [2.75, 3.05) is 0 Å². The van der Waals surface area contributed by atoms with Crippen LogP contribution in [0.5, 0.6) is 0 Å². The van der Waals surface area contributed by atoms with E-state index in [4.69, 9.17) is 16.0 Å². The largest absolute Gasteiger partial charge is 0.441 e. The monoisotopic (exact) mass is 249 g/mol. The van der Waals surface area contributed by atoms with Gasteiger partial charge in [-0.05, 0) is 24.6 Å². The van der Waals surface area contributed by atoms with Gasteiger partial charge in [0.1, 0.15) is 5.76 Å². The molecule has 0 bridgehead atoms. The molecule has 1 aromatic heterocycles. The van der Waals surface area contributed by atoms with Crippen molar-refractivity contribution < 1.29 is 9.52 Å². The van der Waals surface area contributed by atoms with Crippen LogP contribution in [0.4, 0.5) is 0 Å². The van der Waals surface area contributed by atoms with Crippen LogP contribution in [0.3, 0.4) is 0 Å². The molecule has 17 heavy (non-hydrogen) atoms. The van der Waals surface area contributed by atoms with E-state index in [0.29, 0.717) is 17.3 Å². The summed E-state index contributed by atoms with van der Waals surface area (Å²) in [7, 11) is 0. The average molecular weight is 250 g/mol. The predicted molar refractivity (Wildman–Crippen MR) is 65.0 cm³/mol. The first-order valence-corrected chi connectivity index (χ1v) is 6.03. The Labute approximate surface area is 104 Å². The highest BCUT2D eigenvalue weighted by Gasteiger charge is 2.22. The van der Waals surface area contributed by atoms with Gasteiger partial charge in [0.05, 0.1) is 11.8 Å². The summed E-state index contributed by atoms with van der Waals surface area (Å²) in [6.45, 7) is 0. The molecule has 88 valence electrons. The summed E-state index contributed by atoms with van der Waals surface area (Å²) in [6, 6.07) is 7.43.